The Morgan fingerprint density at radius 3 is 2.52 bits per heavy atom. The zero-order chi connectivity index (χ0) is 15.2. The molecule has 0 amide bonds. The summed E-state index contributed by atoms with van der Waals surface area (Å²) >= 11 is 7.43. The zero-order valence-corrected chi connectivity index (χ0v) is 13.0. The monoisotopic (exact) mass is 322 g/mol. The van der Waals surface area contributed by atoms with Crippen LogP contribution in [0.25, 0.3) is 0 Å². The van der Waals surface area contributed by atoms with Crippen LogP contribution in [0.2, 0.25) is 0 Å². The maximum atomic E-state index is 11.1. The van der Waals surface area contributed by atoms with E-state index in [1.165, 1.54) is 11.8 Å². The van der Waals surface area contributed by atoms with Crippen LogP contribution in [0.3, 0.4) is 0 Å². The van der Waals surface area contributed by atoms with Gasteiger partial charge in [0.15, 0.2) is 5.38 Å². The predicted molar refractivity (Wildman–Crippen MR) is 84.4 cm³/mol. The van der Waals surface area contributed by atoms with Crippen molar-refractivity contribution in [2.45, 2.75) is 22.1 Å². The van der Waals surface area contributed by atoms with E-state index in [2.05, 4.69) is 0 Å². The number of hydrogen-bond donors (Lipinski definition) is 1. The van der Waals surface area contributed by atoms with Gasteiger partial charge in [0.25, 0.3) is 0 Å². The molecule has 2 aromatic rings. The number of aliphatic carboxylic acids is 1. The third-order valence-electron chi connectivity index (χ3n) is 2.77. The van der Waals surface area contributed by atoms with Gasteiger partial charge in [-0.25, -0.2) is 0 Å². The number of carboxylic acid groups (broad SMARTS) is 1. The number of halogens is 1. The van der Waals surface area contributed by atoms with Crippen molar-refractivity contribution in [3.63, 3.8) is 0 Å². The smallest absolute Gasteiger partial charge is 0.326 e. The van der Waals surface area contributed by atoms with Crippen LogP contribution in [0.4, 0.5) is 0 Å². The molecule has 110 valence electrons. The van der Waals surface area contributed by atoms with Crippen molar-refractivity contribution in [1.29, 1.82) is 0 Å². The molecule has 1 N–H and O–H groups in total. The van der Waals surface area contributed by atoms with Gasteiger partial charge < -0.3 is 9.84 Å². The first-order valence-corrected chi connectivity index (χ1v) is 7.73. The molecule has 0 aliphatic carbocycles. The number of carboxylic acids is 1. The topological polar surface area (TPSA) is 46.5 Å². The van der Waals surface area contributed by atoms with Gasteiger partial charge in [-0.3, -0.25) is 4.79 Å². The molecular formula is C16H15ClO3S. The summed E-state index contributed by atoms with van der Waals surface area (Å²) in [5.74, 6) is -0.229. The SMILES string of the molecule is CCOc1ccc(Sc2ccccc2C(Cl)C(=O)O)cc1. The molecule has 0 bridgehead atoms. The fourth-order valence-electron chi connectivity index (χ4n) is 1.81. The van der Waals surface area contributed by atoms with Gasteiger partial charge in [0.05, 0.1) is 6.61 Å². The Hall–Kier alpha value is -1.65. The number of alkyl halides is 1. The molecule has 0 saturated carbocycles. The van der Waals surface area contributed by atoms with Gasteiger partial charge in [0.2, 0.25) is 0 Å². The minimum absolute atomic E-state index is 0.602. The van der Waals surface area contributed by atoms with Crippen molar-refractivity contribution in [2.75, 3.05) is 6.61 Å². The zero-order valence-electron chi connectivity index (χ0n) is 11.5. The van der Waals surface area contributed by atoms with Crippen molar-refractivity contribution >= 4 is 29.3 Å². The molecule has 1 unspecified atom stereocenters. The molecule has 5 heteroatoms. The van der Waals surface area contributed by atoms with Crippen molar-refractivity contribution in [3.05, 3.63) is 54.1 Å². The summed E-state index contributed by atoms with van der Waals surface area (Å²) in [4.78, 5) is 12.9. The number of ether oxygens (including phenoxy) is 1. The number of benzene rings is 2. The van der Waals surface area contributed by atoms with Gasteiger partial charge in [0, 0.05) is 9.79 Å². The third-order valence-corrected chi connectivity index (χ3v) is 4.29. The first kappa shape index (κ1) is 15.7. The number of carbonyl (C=O) groups is 1. The highest BCUT2D eigenvalue weighted by Gasteiger charge is 2.19. The lowest BCUT2D eigenvalue weighted by molar-refractivity contribution is -0.136. The van der Waals surface area contributed by atoms with Crippen LogP contribution in [0.5, 0.6) is 5.75 Å². The van der Waals surface area contributed by atoms with E-state index < -0.39 is 11.3 Å². The largest absolute Gasteiger partial charge is 0.494 e. The second kappa shape index (κ2) is 7.38. The van der Waals surface area contributed by atoms with Gasteiger partial charge in [-0.15, -0.1) is 11.6 Å². The quantitative estimate of drug-likeness (QED) is 0.789. The Labute approximate surface area is 132 Å². The van der Waals surface area contributed by atoms with E-state index in [0.717, 1.165) is 15.5 Å². The average molecular weight is 323 g/mol. The van der Waals surface area contributed by atoms with Crippen molar-refractivity contribution in [2.24, 2.45) is 0 Å². The Bertz CT molecular complexity index is 613. The van der Waals surface area contributed by atoms with Crippen molar-refractivity contribution < 1.29 is 14.6 Å². The molecule has 3 nitrogen and oxygen atoms in total. The summed E-state index contributed by atoms with van der Waals surface area (Å²) in [6.07, 6.45) is 0. The van der Waals surface area contributed by atoms with Crippen LogP contribution in [0, 0.1) is 0 Å². The van der Waals surface area contributed by atoms with Gasteiger partial charge in [-0.2, -0.15) is 0 Å². The summed E-state index contributed by atoms with van der Waals surface area (Å²) in [7, 11) is 0. The molecule has 0 saturated heterocycles. The normalized spacial score (nSPS) is 11.9. The molecule has 0 aromatic heterocycles. The van der Waals surface area contributed by atoms with Crippen LogP contribution in [0.15, 0.2) is 58.3 Å². The molecule has 0 aliphatic rings. The lowest BCUT2D eigenvalue weighted by atomic mass is 10.1. The van der Waals surface area contributed by atoms with E-state index in [0.29, 0.717) is 12.2 Å². The molecule has 2 rings (SSSR count). The van der Waals surface area contributed by atoms with E-state index in [-0.39, 0.29) is 0 Å². The van der Waals surface area contributed by atoms with Crippen LogP contribution >= 0.6 is 23.4 Å². The first-order chi connectivity index (χ1) is 10.1. The molecule has 21 heavy (non-hydrogen) atoms. The summed E-state index contributed by atoms with van der Waals surface area (Å²) < 4.78 is 5.40. The third kappa shape index (κ3) is 4.16. The summed E-state index contributed by atoms with van der Waals surface area (Å²) in [5, 5.41) is 8.02. The molecule has 0 spiro atoms. The van der Waals surface area contributed by atoms with Crippen molar-refractivity contribution in [3.8, 4) is 5.75 Å². The molecule has 0 radical (unpaired) electrons. The molecule has 1 atom stereocenters. The second-order valence-corrected chi connectivity index (χ2v) is 5.80. The Morgan fingerprint density at radius 1 is 1.24 bits per heavy atom. The van der Waals surface area contributed by atoms with E-state index >= 15 is 0 Å². The average Bonchev–Trinajstić information content (AvgIpc) is 2.49. The van der Waals surface area contributed by atoms with Gasteiger partial charge >= 0.3 is 5.97 Å². The van der Waals surface area contributed by atoms with Crippen LogP contribution in [-0.2, 0) is 4.79 Å². The molecule has 0 aliphatic heterocycles. The highest BCUT2D eigenvalue weighted by atomic mass is 35.5. The van der Waals surface area contributed by atoms with Crippen molar-refractivity contribution in [1.82, 2.24) is 0 Å². The van der Waals surface area contributed by atoms with Gasteiger partial charge in [0.1, 0.15) is 5.75 Å². The fourth-order valence-corrected chi connectivity index (χ4v) is 3.04. The van der Waals surface area contributed by atoms with Gasteiger partial charge in [-0.05, 0) is 42.8 Å². The summed E-state index contributed by atoms with van der Waals surface area (Å²) in [5.41, 5.74) is 0.602. The Morgan fingerprint density at radius 2 is 1.90 bits per heavy atom. The summed E-state index contributed by atoms with van der Waals surface area (Å²) in [6.45, 7) is 2.56. The minimum atomic E-state index is -1.05. The predicted octanol–water partition coefficient (Wildman–Crippen LogP) is 4.60. The number of hydrogen-bond acceptors (Lipinski definition) is 3. The Balaban J connectivity index is 2.21. The van der Waals surface area contributed by atoms with E-state index in [1.54, 1.807) is 12.1 Å². The van der Waals surface area contributed by atoms with Crippen LogP contribution in [0.1, 0.15) is 17.9 Å². The fraction of sp³-hybridized carbons (Fsp3) is 0.188. The van der Waals surface area contributed by atoms with E-state index in [4.69, 9.17) is 21.4 Å². The number of rotatable bonds is 6. The second-order valence-electron chi connectivity index (χ2n) is 4.25. The highest BCUT2D eigenvalue weighted by Crippen LogP contribution is 2.36. The van der Waals surface area contributed by atoms with E-state index in [1.807, 2.05) is 43.3 Å². The first-order valence-electron chi connectivity index (χ1n) is 6.48. The van der Waals surface area contributed by atoms with E-state index in [9.17, 15) is 4.79 Å². The molecular weight excluding hydrogens is 308 g/mol. The standard InChI is InChI=1S/C16H15ClO3S/c1-2-20-11-7-9-12(10-8-11)21-14-6-4-3-5-13(14)15(17)16(18)19/h3-10,15H,2H2,1H3,(H,18,19). The van der Waals surface area contributed by atoms with Gasteiger partial charge in [-0.1, -0.05) is 30.0 Å². The maximum absolute atomic E-state index is 11.1. The lowest BCUT2D eigenvalue weighted by Crippen LogP contribution is -2.05. The summed E-state index contributed by atoms with van der Waals surface area (Å²) in [6, 6.07) is 14.9. The lowest BCUT2D eigenvalue weighted by Gasteiger charge is -2.11. The molecule has 0 fully saturated rings. The van der Waals surface area contributed by atoms with Crippen LogP contribution in [-0.4, -0.2) is 17.7 Å². The molecule has 2 aromatic carbocycles. The minimum Gasteiger partial charge on any atom is -0.494 e. The van der Waals surface area contributed by atoms with Crippen LogP contribution < -0.4 is 4.74 Å². The maximum Gasteiger partial charge on any atom is 0.326 e. The Kier molecular flexibility index (Phi) is 5.53. The molecule has 0 heterocycles. The highest BCUT2D eigenvalue weighted by molar-refractivity contribution is 7.99.